The van der Waals surface area contributed by atoms with Gasteiger partial charge in [-0.2, -0.15) is 0 Å². The second-order valence-electron chi connectivity index (χ2n) is 5.03. The Morgan fingerprint density at radius 3 is 2.58 bits per heavy atom. The van der Waals surface area contributed by atoms with Gasteiger partial charge >= 0.3 is 0 Å². The SMILES string of the molecule is CC(=O)c1c(C2=C(C)C=CC2)ccc2ccccc12. The summed E-state index contributed by atoms with van der Waals surface area (Å²) in [6.45, 7) is 3.77. The molecule has 3 rings (SSSR count). The number of rotatable bonds is 2. The van der Waals surface area contributed by atoms with Gasteiger partial charge in [0.05, 0.1) is 0 Å². The molecule has 2 aromatic carbocycles. The van der Waals surface area contributed by atoms with Crippen molar-refractivity contribution in [2.45, 2.75) is 20.3 Å². The Balaban J connectivity index is 2.34. The Morgan fingerprint density at radius 1 is 1.11 bits per heavy atom. The highest BCUT2D eigenvalue weighted by molar-refractivity contribution is 6.11. The first kappa shape index (κ1) is 11.9. The molecule has 1 heteroatoms. The summed E-state index contributed by atoms with van der Waals surface area (Å²) in [5, 5.41) is 2.18. The maximum absolute atomic E-state index is 12.1. The molecule has 0 unspecified atom stereocenters. The quantitative estimate of drug-likeness (QED) is 0.699. The highest BCUT2D eigenvalue weighted by Crippen LogP contribution is 2.34. The molecule has 0 spiro atoms. The van der Waals surface area contributed by atoms with Crippen molar-refractivity contribution in [1.82, 2.24) is 0 Å². The zero-order chi connectivity index (χ0) is 13.4. The van der Waals surface area contributed by atoms with E-state index in [4.69, 9.17) is 0 Å². The van der Waals surface area contributed by atoms with Crippen LogP contribution in [0.15, 0.2) is 54.1 Å². The molecule has 0 amide bonds. The molecule has 0 aromatic heterocycles. The molecular weight excluding hydrogens is 232 g/mol. The topological polar surface area (TPSA) is 17.1 Å². The van der Waals surface area contributed by atoms with Crippen molar-refractivity contribution in [3.05, 3.63) is 65.3 Å². The minimum Gasteiger partial charge on any atom is -0.294 e. The molecule has 0 radical (unpaired) electrons. The third kappa shape index (κ3) is 1.91. The average molecular weight is 248 g/mol. The van der Waals surface area contributed by atoms with Crippen LogP contribution in [0.25, 0.3) is 16.3 Å². The smallest absolute Gasteiger partial charge is 0.161 e. The Morgan fingerprint density at radius 2 is 1.89 bits per heavy atom. The van der Waals surface area contributed by atoms with E-state index in [0.717, 1.165) is 28.3 Å². The molecule has 2 aromatic rings. The Kier molecular flexibility index (Phi) is 2.83. The van der Waals surface area contributed by atoms with Gasteiger partial charge in [0.25, 0.3) is 0 Å². The maximum atomic E-state index is 12.1. The lowest BCUT2D eigenvalue weighted by Gasteiger charge is -2.13. The fourth-order valence-corrected chi connectivity index (χ4v) is 2.84. The number of fused-ring (bicyclic) bond motifs is 1. The van der Waals surface area contributed by atoms with Crippen molar-refractivity contribution >= 4 is 22.1 Å². The van der Waals surface area contributed by atoms with Crippen LogP contribution in [0, 0.1) is 0 Å². The van der Waals surface area contributed by atoms with Crippen LogP contribution in [0.5, 0.6) is 0 Å². The number of hydrogen-bond acceptors (Lipinski definition) is 1. The van der Waals surface area contributed by atoms with Crippen LogP contribution in [-0.2, 0) is 0 Å². The molecule has 0 N–H and O–H groups in total. The molecule has 94 valence electrons. The molecule has 1 aliphatic rings. The van der Waals surface area contributed by atoms with Gasteiger partial charge in [0.1, 0.15) is 0 Å². The molecule has 0 atom stereocenters. The van der Waals surface area contributed by atoms with Crippen LogP contribution in [0.1, 0.15) is 36.2 Å². The Hall–Kier alpha value is -2.15. The van der Waals surface area contributed by atoms with Crippen molar-refractivity contribution in [3.8, 4) is 0 Å². The molecular formula is C18H16O. The van der Waals surface area contributed by atoms with Crippen molar-refractivity contribution < 1.29 is 4.79 Å². The highest BCUT2D eigenvalue weighted by atomic mass is 16.1. The van der Waals surface area contributed by atoms with E-state index < -0.39 is 0 Å². The summed E-state index contributed by atoms with van der Waals surface area (Å²) in [5.41, 5.74) is 4.48. The first-order valence-corrected chi connectivity index (χ1v) is 6.58. The van der Waals surface area contributed by atoms with E-state index in [1.54, 1.807) is 6.92 Å². The van der Waals surface area contributed by atoms with Gasteiger partial charge in [-0.15, -0.1) is 0 Å². The summed E-state index contributed by atoms with van der Waals surface area (Å²) in [7, 11) is 0. The lowest BCUT2D eigenvalue weighted by atomic mass is 9.90. The minimum absolute atomic E-state index is 0.138. The maximum Gasteiger partial charge on any atom is 0.161 e. The van der Waals surface area contributed by atoms with Gasteiger partial charge in [-0.05, 0) is 47.8 Å². The molecule has 0 saturated heterocycles. The van der Waals surface area contributed by atoms with E-state index in [-0.39, 0.29) is 5.78 Å². The number of Topliss-reactive ketones (excluding diaryl/α,β-unsaturated/α-hetero) is 1. The molecule has 0 bridgehead atoms. The number of carbonyl (C=O) groups excluding carboxylic acids is 1. The molecule has 0 heterocycles. The second kappa shape index (κ2) is 4.51. The molecule has 0 saturated carbocycles. The molecule has 1 nitrogen and oxygen atoms in total. The normalized spacial score (nSPS) is 14.4. The van der Waals surface area contributed by atoms with Gasteiger partial charge in [0.15, 0.2) is 5.78 Å². The van der Waals surface area contributed by atoms with Gasteiger partial charge < -0.3 is 0 Å². The van der Waals surface area contributed by atoms with Crippen molar-refractivity contribution in [1.29, 1.82) is 0 Å². The lowest BCUT2D eigenvalue weighted by Crippen LogP contribution is -2.00. The number of ketones is 1. The van der Waals surface area contributed by atoms with Crippen molar-refractivity contribution in [3.63, 3.8) is 0 Å². The first-order valence-electron chi connectivity index (χ1n) is 6.58. The third-order valence-corrected chi connectivity index (χ3v) is 3.77. The monoisotopic (exact) mass is 248 g/mol. The predicted molar refractivity (Wildman–Crippen MR) is 80.3 cm³/mol. The van der Waals surface area contributed by atoms with Crippen LogP contribution in [-0.4, -0.2) is 5.78 Å². The third-order valence-electron chi connectivity index (χ3n) is 3.77. The van der Waals surface area contributed by atoms with E-state index in [1.807, 2.05) is 18.2 Å². The molecule has 0 aliphatic heterocycles. The van der Waals surface area contributed by atoms with Gasteiger partial charge in [-0.25, -0.2) is 0 Å². The number of benzene rings is 2. The standard InChI is InChI=1S/C18H16O/c1-12-6-5-9-15(12)17-11-10-14-7-3-4-8-16(14)18(17)13(2)19/h3-8,10-11H,9H2,1-2H3. The van der Waals surface area contributed by atoms with Crippen LogP contribution >= 0.6 is 0 Å². The average Bonchev–Trinajstić information content (AvgIpc) is 2.83. The summed E-state index contributed by atoms with van der Waals surface area (Å²) >= 11 is 0. The fourth-order valence-electron chi connectivity index (χ4n) is 2.84. The van der Waals surface area contributed by atoms with Crippen LogP contribution < -0.4 is 0 Å². The summed E-state index contributed by atoms with van der Waals surface area (Å²) in [4.78, 5) is 12.1. The fraction of sp³-hybridized carbons (Fsp3) is 0.167. The van der Waals surface area contributed by atoms with E-state index in [9.17, 15) is 4.79 Å². The molecule has 1 aliphatic carbocycles. The van der Waals surface area contributed by atoms with Crippen LogP contribution in [0.4, 0.5) is 0 Å². The van der Waals surface area contributed by atoms with Gasteiger partial charge in [0.2, 0.25) is 0 Å². The number of hydrogen-bond donors (Lipinski definition) is 0. The zero-order valence-corrected chi connectivity index (χ0v) is 11.2. The van der Waals surface area contributed by atoms with Gasteiger partial charge in [-0.1, -0.05) is 48.6 Å². The van der Waals surface area contributed by atoms with Crippen LogP contribution in [0.3, 0.4) is 0 Å². The highest BCUT2D eigenvalue weighted by Gasteiger charge is 2.17. The first-order chi connectivity index (χ1) is 9.18. The van der Waals surface area contributed by atoms with Crippen LogP contribution in [0.2, 0.25) is 0 Å². The predicted octanol–water partition coefficient (Wildman–Crippen LogP) is 4.78. The molecule has 0 fully saturated rings. The summed E-state index contributed by atoms with van der Waals surface area (Å²) < 4.78 is 0. The largest absolute Gasteiger partial charge is 0.294 e. The van der Waals surface area contributed by atoms with E-state index >= 15 is 0 Å². The Labute approximate surface area is 113 Å². The van der Waals surface area contributed by atoms with E-state index in [1.165, 1.54) is 11.1 Å². The van der Waals surface area contributed by atoms with Gasteiger partial charge in [0, 0.05) is 5.56 Å². The second-order valence-corrected chi connectivity index (χ2v) is 5.03. The van der Waals surface area contributed by atoms with Crippen molar-refractivity contribution in [2.24, 2.45) is 0 Å². The van der Waals surface area contributed by atoms with E-state index in [0.29, 0.717) is 0 Å². The summed E-state index contributed by atoms with van der Waals surface area (Å²) in [6, 6.07) is 12.3. The zero-order valence-electron chi connectivity index (χ0n) is 11.2. The van der Waals surface area contributed by atoms with Gasteiger partial charge in [-0.3, -0.25) is 4.79 Å². The summed E-state index contributed by atoms with van der Waals surface area (Å²) in [5.74, 6) is 0.138. The van der Waals surface area contributed by atoms with Crippen molar-refractivity contribution in [2.75, 3.05) is 0 Å². The number of allylic oxidation sites excluding steroid dienone is 4. The molecule has 19 heavy (non-hydrogen) atoms. The van der Waals surface area contributed by atoms with E-state index in [2.05, 4.69) is 37.3 Å². The lowest BCUT2D eigenvalue weighted by molar-refractivity contribution is 0.101. The Bertz CT molecular complexity index is 732. The number of carbonyl (C=O) groups is 1. The minimum atomic E-state index is 0.138. The summed E-state index contributed by atoms with van der Waals surface area (Å²) in [6.07, 6.45) is 5.21.